The number of benzene rings is 2. The molecule has 1 N–H and O–H groups in total. The molecule has 0 aliphatic heterocycles. The quantitative estimate of drug-likeness (QED) is 0.461. The molecule has 1 amide bonds. The van der Waals surface area contributed by atoms with Gasteiger partial charge in [-0.1, -0.05) is 48.5 Å². The Kier molecular flexibility index (Phi) is 5.14. The third-order valence-corrected chi connectivity index (χ3v) is 8.83. The number of carbonyl (C=O) groups is 1. The van der Waals surface area contributed by atoms with Crippen LogP contribution in [-0.2, 0) is 11.3 Å². The van der Waals surface area contributed by atoms with Gasteiger partial charge in [-0.2, -0.15) is 0 Å². The molecule has 2 aromatic carbocycles. The van der Waals surface area contributed by atoms with Gasteiger partial charge in [-0.25, -0.2) is 4.98 Å². The molecule has 1 aromatic heterocycles. The third kappa shape index (κ3) is 4.01. The summed E-state index contributed by atoms with van der Waals surface area (Å²) >= 11 is 1.67. The highest BCUT2D eigenvalue weighted by atomic mass is 32.1. The molecule has 3 nitrogen and oxygen atoms in total. The summed E-state index contributed by atoms with van der Waals surface area (Å²) in [7, 11) is 0. The number of amides is 1. The predicted molar refractivity (Wildman–Crippen MR) is 130 cm³/mol. The van der Waals surface area contributed by atoms with E-state index >= 15 is 0 Å². The minimum atomic E-state index is 0.234. The van der Waals surface area contributed by atoms with Crippen molar-refractivity contribution in [2.24, 2.45) is 23.2 Å². The summed E-state index contributed by atoms with van der Waals surface area (Å²) in [5, 5.41) is 6.36. The molecule has 4 saturated carbocycles. The van der Waals surface area contributed by atoms with Gasteiger partial charge in [0, 0.05) is 29.5 Å². The molecule has 0 saturated heterocycles. The summed E-state index contributed by atoms with van der Waals surface area (Å²) in [5.74, 6) is 2.91. The number of nitrogens with zero attached hydrogens (tertiary/aromatic N) is 1. The number of hydrogen-bond acceptors (Lipinski definition) is 3. The number of thiazole rings is 1. The monoisotopic (exact) mass is 442 g/mol. The van der Waals surface area contributed by atoms with E-state index in [1.807, 2.05) is 18.2 Å². The van der Waals surface area contributed by atoms with Gasteiger partial charge in [0.05, 0.1) is 5.69 Å². The number of rotatable bonds is 6. The largest absolute Gasteiger partial charge is 0.352 e. The van der Waals surface area contributed by atoms with Gasteiger partial charge < -0.3 is 5.32 Å². The maximum absolute atomic E-state index is 12.9. The van der Waals surface area contributed by atoms with E-state index in [0.717, 1.165) is 51.6 Å². The highest BCUT2D eigenvalue weighted by Gasteiger charge is 2.51. The molecule has 4 fully saturated rings. The predicted octanol–water partition coefficient (Wildman–Crippen LogP) is 6.70. The molecular weight excluding hydrogens is 412 g/mol. The van der Waals surface area contributed by atoms with E-state index in [2.05, 4.69) is 47.1 Å². The molecule has 3 aromatic rings. The Balaban J connectivity index is 1.10. The van der Waals surface area contributed by atoms with Crippen LogP contribution in [0.5, 0.6) is 0 Å². The number of aromatic nitrogens is 1. The van der Waals surface area contributed by atoms with Crippen molar-refractivity contribution in [3.05, 3.63) is 65.5 Å². The molecule has 4 bridgehead atoms. The standard InChI is InChI=1S/C28H30N2OS/c31-26(16-28-13-20-9-21(14-28)11-22(10-20)15-28)29-17-19-5-4-8-24(12-19)27-30-25(18-32-27)23-6-2-1-3-7-23/h1-8,12,18,20-22H,9-11,13-17H2,(H,29,31). The van der Waals surface area contributed by atoms with Crippen molar-refractivity contribution in [1.29, 1.82) is 0 Å². The second-order valence-electron chi connectivity index (χ2n) is 10.5. The number of carbonyl (C=O) groups excluding carboxylic acids is 1. The normalized spacial score (nSPS) is 28.1. The third-order valence-electron chi connectivity index (χ3n) is 7.94. The van der Waals surface area contributed by atoms with E-state index in [1.165, 1.54) is 38.5 Å². The Labute approximate surface area is 194 Å². The van der Waals surface area contributed by atoms with Crippen molar-refractivity contribution in [3.63, 3.8) is 0 Å². The average molecular weight is 443 g/mol. The van der Waals surface area contributed by atoms with Gasteiger partial charge in [0.25, 0.3) is 0 Å². The molecule has 0 radical (unpaired) electrons. The molecule has 32 heavy (non-hydrogen) atoms. The van der Waals surface area contributed by atoms with Crippen LogP contribution in [0, 0.1) is 23.2 Å². The van der Waals surface area contributed by atoms with E-state index < -0.39 is 0 Å². The lowest BCUT2D eigenvalue weighted by molar-refractivity contribution is -0.129. The highest BCUT2D eigenvalue weighted by Crippen LogP contribution is 2.61. The highest BCUT2D eigenvalue weighted by molar-refractivity contribution is 7.13. The van der Waals surface area contributed by atoms with Crippen molar-refractivity contribution in [3.8, 4) is 21.8 Å². The second-order valence-corrected chi connectivity index (χ2v) is 11.3. The van der Waals surface area contributed by atoms with Gasteiger partial charge in [-0.3, -0.25) is 4.79 Å². The number of hydrogen-bond donors (Lipinski definition) is 1. The maximum Gasteiger partial charge on any atom is 0.220 e. The smallest absolute Gasteiger partial charge is 0.220 e. The van der Waals surface area contributed by atoms with Crippen molar-refractivity contribution in [1.82, 2.24) is 10.3 Å². The number of nitrogens with one attached hydrogen (secondary N) is 1. The summed E-state index contributed by atoms with van der Waals surface area (Å²) in [6, 6.07) is 18.7. The van der Waals surface area contributed by atoms with Gasteiger partial charge in [-0.05, 0) is 73.3 Å². The van der Waals surface area contributed by atoms with Crippen LogP contribution in [0.1, 0.15) is 50.5 Å². The second kappa shape index (κ2) is 8.15. The van der Waals surface area contributed by atoms with E-state index in [1.54, 1.807) is 11.3 Å². The fourth-order valence-electron chi connectivity index (χ4n) is 7.07. The zero-order valence-electron chi connectivity index (χ0n) is 18.4. The van der Waals surface area contributed by atoms with Gasteiger partial charge in [0.1, 0.15) is 5.01 Å². The molecule has 0 unspecified atom stereocenters. The van der Waals surface area contributed by atoms with Gasteiger partial charge >= 0.3 is 0 Å². The van der Waals surface area contributed by atoms with Crippen molar-refractivity contribution in [2.45, 2.75) is 51.5 Å². The fraction of sp³-hybridized carbons (Fsp3) is 0.429. The minimum absolute atomic E-state index is 0.234. The topological polar surface area (TPSA) is 42.0 Å². The SMILES string of the molecule is O=C(CC12CC3CC(CC(C3)C1)C2)NCc1cccc(-c2nc(-c3ccccc3)cs2)c1. The van der Waals surface area contributed by atoms with Gasteiger partial charge in [0.2, 0.25) is 5.91 Å². The summed E-state index contributed by atoms with van der Waals surface area (Å²) in [4.78, 5) is 17.7. The van der Waals surface area contributed by atoms with Gasteiger partial charge in [0.15, 0.2) is 0 Å². The van der Waals surface area contributed by atoms with Gasteiger partial charge in [-0.15, -0.1) is 11.3 Å². The molecule has 164 valence electrons. The molecule has 4 aliphatic carbocycles. The first kappa shape index (κ1) is 20.2. The van der Waals surface area contributed by atoms with Crippen molar-refractivity contribution >= 4 is 17.2 Å². The van der Waals surface area contributed by atoms with Crippen LogP contribution >= 0.6 is 11.3 Å². The van der Waals surface area contributed by atoms with Crippen LogP contribution < -0.4 is 5.32 Å². The summed E-state index contributed by atoms with van der Waals surface area (Å²) in [5.41, 5.74) is 4.71. The summed E-state index contributed by atoms with van der Waals surface area (Å²) in [6.07, 6.45) is 8.87. The van der Waals surface area contributed by atoms with Crippen molar-refractivity contribution < 1.29 is 4.79 Å². The van der Waals surface area contributed by atoms with Crippen LogP contribution in [0.3, 0.4) is 0 Å². The Bertz CT molecular complexity index is 1080. The van der Waals surface area contributed by atoms with E-state index in [-0.39, 0.29) is 5.91 Å². The molecule has 0 atom stereocenters. The van der Waals surface area contributed by atoms with E-state index in [0.29, 0.717) is 12.0 Å². The minimum Gasteiger partial charge on any atom is -0.352 e. The average Bonchev–Trinajstić information content (AvgIpc) is 3.28. The van der Waals surface area contributed by atoms with Crippen LogP contribution in [-0.4, -0.2) is 10.9 Å². The van der Waals surface area contributed by atoms with Crippen LogP contribution in [0.2, 0.25) is 0 Å². The van der Waals surface area contributed by atoms with E-state index in [9.17, 15) is 4.79 Å². The molecule has 0 spiro atoms. The Morgan fingerprint density at radius 3 is 2.34 bits per heavy atom. The molecule has 4 heteroatoms. The van der Waals surface area contributed by atoms with Crippen LogP contribution in [0.4, 0.5) is 0 Å². The lowest BCUT2D eigenvalue weighted by atomic mass is 9.49. The lowest BCUT2D eigenvalue weighted by Crippen LogP contribution is -2.47. The first-order valence-electron chi connectivity index (χ1n) is 12.0. The molecule has 7 rings (SSSR count). The maximum atomic E-state index is 12.9. The fourth-order valence-corrected chi connectivity index (χ4v) is 7.90. The Morgan fingerprint density at radius 2 is 1.62 bits per heavy atom. The van der Waals surface area contributed by atoms with E-state index in [4.69, 9.17) is 4.98 Å². The van der Waals surface area contributed by atoms with Crippen LogP contribution in [0.15, 0.2) is 60.0 Å². The zero-order chi connectivity index (χ0) is 21.5. The first-order valence-corrected chi connectivity index (χ1v) is 12.9. The molecule has 4 aliphatic rings. The molecular formula is C28H30N2OS. The first-order chi connectivity index (χ1) is 15.6. The van der Waals surface area contributed by atoms with Crippen LogP contribution in [0.25, 0.3) is 21.8 Å². The summed E-state index contributed by atoms with van der Waals surface area (Å²) < 4.78 is 0. The Morgan fingerprint density at radius 1 is 0.938 bits per heavy atom. The molecule has 1 heterocycles. The lowest BCUT2D eigenvalue weighted by Gasteiger charge is -2.56. The Hall–Kier alpha value is -2.46. The van der Waals surface area contributed by atoms with Crippen molar-refractivity contribution in [2.75, 3.05) is 0 Å². The zero-order valence-corrected chi connectivity index (χ0v) is 19.2. The summed E-state index contributed by atoms with van der Waals surface area (Å²) in [6.45, 7) is 0.593.